The van der Waals surface area contributed by atoms with Crippen molar-refractivity contribution in [3.05, 3.63) is 73.4 Å². The van der Waals surface area contributed by atoms with Crippen molar-refractivity contribution in [3.63, 3.8) is 0 Å². The minimum Gasteiger partial charge on any atom is -0.506 e. The molecule has 0 spiro atoms. The van der Waals surface area contributed by atoms with Gasteiger partial charge in [-0.05, 0) is 43.0 Å². The third kappa shape index (κ3) is 3.16. The van der Waals surface area contributed by atoms with Gasteiger partial charge in [0.25, 0.3) is 5.56 Å². The first kappa shape index (κ1) is 21.4. The van der Waals surface area contributed by atoms with E-state index in [1.54, 1.807) is 31.2 Å². The first-order valence-corrected chi connectivity index (χ1v) is 10.5. The highest BCUT2D eigenvalue weighted by Gasteiger charge is 2.38. The molecule has 0 radical (unpaired) electrons. The third-order valence-corrected chi connectivity index (χ3v) is 6.09. The van der Waals surface area contributed by atoms with Crippen LogP contribution in [0.5, 0.6) is 17.2 Å². The molecule has 2 N–H and O–H groups in total. The maximum absolute atomic E-state index is 13.1. The van der Waals surface area contributed by atoms with Gasteiger partial charge in [0.05, 0.1) is 24.4 Å². The molecule has 172 valence electrons. The van der Waals surface area contributed by atoms with Gasteiger partial charge in [0.1, 0.15) is 22.6 Å². The predicted octanol–water partition coefficient (Wildman–Crippen LogP) is 3.30. The maximum atomic E-state index is 13.1. The summed E-state index contributed by atoms with van der Waals surface area (Å²) in [5.41, 5.74) is -0.0608. The molecule has 0 amide bonds. The Labute approximate surface area is 191 Å². The SMILES string of the molecule is COc1ccc2cc(C3CC(=O)Oc4c(C(C)=O)c(O)c5c(C)cc(=O)oc5c43)c(=O)[nH]c2c1. The summed E-state index contributed by atoms with van der Waals surface area (Å²) in [6.45, 7) is 2.82. The van der Waals surface area contributed by atoms with Crippen LogP contribution in [0.25, 0.3) is 21.9 Å². The fraction of sp³-hybridized carbons (Fsp3) is 0.200. The maximum Gasteiger partial charge on any atom is 0.336 e. The summed E-state index contributed by atoms with van der Waals surface area (Å²) in [6.07, 6.45) is -0.230. The number of aryl methyl sites for hydroxylation is 1. The van der Waals surface area contributed by atoms with Crippen LogP contribution in [-0.2, 0) is 4.79 Å². The number of Topliss-reactive ketones (excluding diaryl/α,β-unsaturated/α-hetero) is 1. The number of fused-ring (bicyclic) bond motifs is 4. The van der Waals surface area contributed by atoms with Gasteiger partial charge in [-0.1, -0.05) is 0 Å². The highest BCUT2D eigenvalue weighted by Crippen LogP contribution is 2.49. The summed E-state index contributed by atoms with van der Waals surface area (Å²) in [6, 6.07) is 8.00. The van der Waals surface area contributed by atoms with Crippen molar-refractivity contribution in [1.29, 1.82) is 0 Å². The molecule has 0 saturated heterocycles. The van der Waals surface area contributed by atoms with E-state index in [1.165, 1.54) is 20.1 Å². The van der Waals surface area contributed by atoms with Gasteiger partial charge in [-0.3, -0.25) is 14.4 Å². The second-order valence-corrected chi connectivity index (χ2v) is 8.21. The molecule has 4 aromatic rings. The Kier molecular flexibility index (Phi) is 4.78. The van der Waals surface area contributed by atoms with E-state index in [9.17, 15) is 24.3 Å². The number of nitrogens with one attached hydrogen (secondary N) is 1. The topological polar surface area (TPSA) is 136 Å². The molecule has 1 atom stereocenters. The van der Waals surface area contributed by atoms with Crippen LogP contribution < -0.4 is 20.7 Å². The van der Waals surface area contributed by atoms with E-state index >= 15 is 0 Å². The minimum atomic E-state index is -0.891. The fourth-order valence-corrected chi connectivity index (χ4v) is 4.59. The molecule has 1 unspecified atom stereocenters. The zero-order chi connectivity index (χ0) is 24.3. The molecule has 0 bridgehead atoms. The number of methoxy groups -OCH3 is 1. The van der Waals surface area contributed by atoms with Gasteiger partial charge in [0, 0.05) is 29.2 Å². The number of aromatic amines is 1. The number of aromatic nitrogens is 1. The summed E-state index contributed by atoms with van der Waals surface area (Å²) in [4.78, 5) is 53.2. The lowest BCUT2D eigenvalue weighted by Gasteiger charge is -2.27. The van der Waals surface area contributed by atoms with Crippen LogP contribution in [0.1, 0.15) is 46.3 Å². The number of carbonyl (C=O) groups excluding carboxylic acids is 2. The monoisotopic (exact) mass is 461 g/mol. The largest absolute Gasteiger partial charge is 0.506 e. The van der Waals surface area contributed by atoms with E-state index in [2.05, 4.69) is 4.98 Å². The molecule has 0 aliphatic carbocycles. The number of benzene rings is 2. The van der Waals surface area contributed by atoms with E-state index in [0.717, 1.165) is 0 Å². The van der Waals surface area contributed by atoms with Gasteiger partial charge in [-0.2, -0.15) is 0 Å². The van der Waals surface area contributed by atoms with Crippen LogP contribution in [0.15, 0.2) is 44.3 Å². The molecule has 2 aromatic carbocycles. The summed E-state index contributed by atoms with van der Waals surface area (Å²) < 4.78 is 16.1. The van der Waals surface area contributed by atoms with Crippen molar-refractivity contribution in [1.82, 2.24) is 4.98 Å². The summed E-state index contributed by atoms with van der Waals surface area (Å²) in [5, 5.41) is 11.7. The highest BCUT2D eigenvalue weighted by atomic mass is 16.5. The number of aromatic hydroxyl groups is 1. The number of phenols is 1. The molecule has 9 nitrogen and oxygen atoms in total. The van der Waals surface area contributed by atoms with Crippen LogP contribution in [0, 0.1) is 6.92 Å². The number of pyridine rings is 1. The number of hydrogen-bond donors (Lipinski definition) is 2. The van der Waals surface area contributed by atoms with Crippen molar-refractivity contribution < 1.29 is 28.6 Å². The number of esters is 1. The van der Waals surface area contributed by atoms with E-state index in [4.69, 9.17) is 13.9 Å². The number of ketones is 1. The standard InChI is InChI=1S/C25H19NO8/c1-10-6-17(28)33-23-19(10)22(30)20(11(2)27)24-21(23)14(9-18(29)34-24)15-7-12-4-5-13(32-3)8-16(12)26-25(15)31/h4-8,14,30H,9H2,1-3H3,(H,26,31). The second-order valence-electron chi connectivity index (χ2n) is 8.21. The van der Waals surface area contributed by atoms with Crippen molar-refractivity contribution in [2.75, 3.05) is 7.11 Å². The summed E-state index contributed by atoms with van der Waals surface area (Å²) in [5.74, 6) is -2.22. The van der Waals surface area contributed by atoms with Crippen molar-refractivity contribution in [2.45, 2.75) is 26.2 Å². The lowest BCUT2D eigenvalue weighted by atomic mass is 9.83. The Hall–Kier alpha value is -4.40. The summed E-state index contributed by atoms with van der Waals surface area (Å²) in [7, 11) is 1.51. The number of H-pyrrole nitrogens is 1. The fourth-order valence-electron chi connectivity index (χ4n) is 4.59. The van der Waals surface area contributed by atoms with Gasteiger partial charge in [0.2, 0.25) is 0 Å². The van der Waals surface area contributed by atoms with E-state index < -0.39 is 34.6 Å². The number of ether oxygens (including phenoxy) is 2. The molecular weight excluding hydrogens is 442 g/mol. The van der Waals surface area contributed by atoms with E-state index in [0.29, 0.717) is 22.2 Å². The van der Waals surface area contributed by atoms with Gasteiger partial charge in [-0.25, -0.2) is 4.79 Å². The number of carbonyl (C=O) groups is 2. The second kappa shape index (κ2) is 7.58. The van der Waals surface area contributed by atoms with Gasteiger partial charge in [-0.15, -0.1) is 0 Å². The Morgan fingerprint density at radius 2 is 1.94 bits per heavy atom. The highest BCUT2D eigenvalue weighted by molar-refractivity contribution is 6.09. The molecule has 2 aromatic heterocycles. The third-order valence-electron chi connectivity index (χ3n) is 6.09. The molecular formula is C25H19NO8. The Morgan fingerprint density at radius 3 is 2.65 bits per heavy atom. The Morgan fingerprint density at radius 1 is 1.18 bits per heavy atom. The zero-order valence-corrected chi connectivity index (χ0v) is 18.5. The van der Waals surface area contributed by atoms with E-state index in [-0.39, 0.29) is 39.8 Å². The zero-order valence-electron chi connectivity index (χ0n) is 18.5. The van der Waals surface area contributed by atoms with Gasteiger partial charge in [0.15, 0.2) is 11.5 Å². The van der Waals surface area contributed by atoms with Crippen molar-refractivity contribution in [3.8, 4) is 17.2 Å². The van der Waals surface area contributed by atoms with Crippen LogP contribution >= 0.6 is 0 Å². The quantitative estimate of drug-likeness (QED) is 0.205. The lowest BCUT2D eigenvalue weighted by Crippen LogP contribution is -2.27. The average Bonchev–Trinajstić information content (AvgIpc) is 2.76. The first-order chi connectivity index (χ1) is 16.2. The molecule has 1 aliphatic rings. The first-order valence-electron chi connectivity index (χ1n) is 10.5. The normalized spacial score (nSPS) is 15.3. The molecule has 3 heterocycles. The number of hydrogen-bond acceptors (Lipinski definition) is 8. The van der Waals surface area contributed by atoms with E-state index in [1.807, 2.05) is 0 Å². The van der Waals surface area contributed by atoms with Crippen LogP contribution in [0.2, 0.25) is 0 Å². The number of phenolic OH excluding ortho intramolecular Hbond substituents is 1. The molecule has 5 rings (SSSR count). The minimum absolute atomic E-state index is 0.0331. The van der Waals surface area contributed by atoms with Crippen LogP contribution in [0.3, 0.4) is 0 Å². The Balaban J connectivity index is 1.89. The Bertz CT molecular complexity index is 1660. The molecule has 9 heteroatoms. The average molecular weight is 461 g/mol. The molecule has 1 aliphatic heterocycles. The number of rotatable bonds is 3. The molecule has 0 fully saturated rings. The smallest absolute Gasteiger partial charge is 0.336 e. The van der Waals surface area contributed by atoms with Crippen LogP contribution in [-0.4, -0.2) is 29.0 Å². The van der Waals surface area contributed by atoms with Gasteiger partial charge < -0.3 is 24.0 Å². The molecule has 0 saturated carbocycles. The lowest BCUT2D eigenvalue weighted by molar-refractivity contribution is -0.135. The summed E-state index contributed by atoms with van der Waals surface area (Å²) >= 11 is 0. The van der Waals surface area contributed by atoms with Crippen molar-refractivity contribution >= 4 is 33.6 Å². The van der Waals surface area contributed by atoms with Crippen LogP contribution in [0.4, 0.5) is 0 Å². The van der Waals surface area contributed by atoms with Crippen molar-refractivity contribution in [2.24, 2.45) is 0 Å². The predicted molar refractivity (Wildman–Crippen MR) is 122 cm³/mol. The molecule has 34 heavy (non-hydrogen) atoms. The van der Waals surface area contributed by atoms with Gasteiger partial charge >= 0.3 is 11.6 Å².